The molecule has 1 aliphatic carbocycles. The predicted octanol–water partition coefficient (Wildman–Crippen LogP) is 15.8. The molecule has 12 rings (SSSR count). The van der Waals surface area contributed by atoms with Gasteiger partial charge in [-0.2, -0.15) is 0 Å². The molecule has 0 saturated carbocycles. The highest BCUT2D eigenvalue weighted by atomic mass is 14.3. The summed E-state index contributed by atoms with van der Waals surface area (Å²) in [6.45, 7) is 0. The second-order valence-corrected chi connectivity index (χ2v) is 15.1. The van der Waals surface area contributed by atoms with Crippen LogP contribution in [0.5, 0.6) is 0 Å². The molecule has 0 bridgehead atoms. The van der Waals surface area contributed by atoms with Gasteiger partial charge in [-0.05, 0) is 126 Å². The zero-order chi connectivity index (χ0) is 36.7. The lowest BCUT2D eigenvalue weighted by molar-refractivity contribution is 1.65. The number of hydrogen-bond acceptors (Lipinski definition) is 0. The summed E-state index contributed by atoms with van der Waals surface area (Å²) >= 11 is 0. The molecule has 0 nitrogen and oxygen atoms in total. The van der Waals surface area contributed by atoms with Crippen molar-refractivity contribution in [2.45, 2.75) is 0 Å². The Labute approximate surface area is 325 Å². The SMILES string of the molecule is C1=Cc2ccc(-c3c4ccccc4c(-c4ccc5c(-c6ccccc6)c6c(ccc7ccccc76)c(-c6ccccc6)c5c4)c4ccccc34)c3cccc1c23. The molecule has 1 aliphatic rings. The maximum atomic E-state index is 2.48. The molecular weight excluding hydrogens is 673 g/mol. The molecule has 0 aliphatic heterocycles. The molecule has 0 fully saturated rings. The molecule has 0 radical (unpaired) electrons. The first-order chi connectivity index (χ1) is 27.8. The maximum Gasteiger partial charge on any atom is -0.00141 e. The van der Waals surface area contributed by atoms with Crippen molar-refractivity contribution in [2.75, 3.05) is 0 Å². The van der Waals surface area contributed by atoms with Crippen LogP contribution in [-0.4, -0.2) is 0 Å². The van der Waals surface area contributed by atoms with Gasteiger partial charge >= 0.3 is 0 Å². The lowest BCUT2D eigenvalue weighted by Crippen LogP contribution is -1.94. The summed E-state index contributed by atoms with van der Waals surface area (Å²) in [6.07, 6.45) is 4.50. The van der Waals surface area contributed by atoms with Crippen LogP contribution in [0.25, 0.3) is 121 Å². The van der Waals surface area contributed by atoms with Gasteiger partial charge in [-0.25, -0.2) is 0 Å². The standard InChI is InChI=1S/C56H34/c1-3-15-36(16-4-1)52-49-33-28-35-14-7-8-20-41(35)56(49)54(37-17-5-2-6-18-37)48-32-30-40(34-50(48)52)53-43-21-9-11-23-45(43)55(46-24-12-10-22-44(46)53)47-31-29-39-27-26-38-19-13-25-42(47)51(38)39/h1-34H. The average Bonchev–Trinajstić information content (AvgIpc) is 3.70. The second-order valence-electron chi connectivity index (χ2n) is 15.1. The van der Waals surface area contributed by atoms with E-state index in [1.807, 2.05) is 0 Å². The van der Waals surface area contributed by atoms with Crippen LogP contribution in [0.3, 0.4) is 0 Å². The summed E-state index contributed by atoms with van der Waals surface area (Å²) in [5, 5.41) is 15.3. The van der Waals surface area contributed by atoms with Gasteiger partial charge in [0.25, 0.3) is 0 Å². The second kappa shape index (κ2) is 12.1. The summed E-state index contributed by atoms with van der Waals surface area (Å²) < 4.78 is 0. The topological polar surface area (TPSA) is 0 Å². The first-order valence-electron chi connectivity index (χ1n) is 19.5. The Morgan fingerprint density at radius 2 is 0.750 bits per heavy atom. The van der Waals surface area contributed by atoms with Gasteiger partial charge in [0.05, 0.1) is 0 Å². The molecule has 56 heavy (non-hydrogen) atoms. The van der Waals surface area contributed by atoms with E-state index in [9.17, 15) is 0 Å². The van der Waals surface area contributed by atoms with Gasteiger partial charge in [0.1, 0.15) is 0 Å². The van der Waals surface area contributed by atoms with Gasteiger partial charge < -0.3 is 0 Å². The molecule has 0 heterocycles. The molecule has 11 aromatic rings. The zero-order valence-electron chi connectivity index (χ0n) is 30.6. The molecule has 0 amide bonds. The number of benzene rings is 11. The first kappa shape index (κ1) is 31.1. The highest BCUT2D eigenvalue weighted by Gasteiger charge is 2.23. The third-order valence-corrected chi connectivity index (χ3v) is 12.2. The van der Waals surface area contributed by atoms with Crippen LogP contribution >= 0.6 is 0 Å². The molecular formula is C56H34. The van der Waals surface area contributed by atoms with Crippen molar-refractivity contribution in [1.82, 2.24) is 0 Å². The van der Waals surface area contributed by atoms with E-state index in [0.29, 0.717) is 0 Å². The predicted molar refractivity (Wildman–Crippen MR) is 242 cm³/mol. The van der Waals surface area contributed by atoms with Crippen LogP contribution in [0, 0.1) is 0 Å². The fourth-order valence-corrected chi connectivity index (χ4v) is 9.84. The lowest BCUT2D eigenvalue weighted by Gasteiger charge is -2.22. The van der Waals surface area contributed by atoms with Crippen molar-refractivity contribution in [3.8, 4) is 44.5 Å². The third-order valence-electron chi connectivity index (χ3n) is 12.2. The molecule has 0 spiro atoms. The van der Waals surface area contributed by atoms with Crippen LogP contribution in [-0.2, 0) is 0 Å². The van der Waals surface area contributed by atoms with E-state index in [1.54, 1.807) is 0 Å². The van der Waals surface area contributed by atoms with Gasteiger partial charge in [-0.15, -0.1) is 0 Å². The monoisotopic (exact) mass is 706 g/mol. The number of fused-ring (bicyclic) bond motifs is 6. The van der Waals surface area contributed by atoms with E-state index in [-0.39, 0.29) is 0 Å². The van der Waals surface area contributed by atoms with E-state index in [0.717, 1.165) is 0 Å². The normalized spacial score (nSPS) is 12.2. The van der Waals surface area contributed by atoms with E-state index < -0.39 is 0 Å². The van der Waals surface area contributed by atoms with Crippen molar-refractivity contribution < 1.29 is 0 Å². The van der Waals surface area contributed by atoms with E-state index in [4.69, 9.17) is 0 Å². The summed E-state index contributed by atoms with van der Waals surface area (Å²) in [7, 11) is 0. The minimum atomic E-state index is 1.22. The van der Waals surface area contributed by atoms with Crippen molar-refractivity contribution >= 4 is 76.8 Å². The van der Waals surface area contributed by atoms with Crippen molar-refractivity contribution in [1.29, 1.82) is 0 Å². The Bertz CT molecular complexity index is 3370. The van der Waals surface area contributed by atoms with E-state index in [1.165, 1.54) is 120 Å². The van der Waals surface area contributed by atoms with Crippen LogP contribution in [0.4, 0.5) is 0 Å². The smallest absolute Gasteiger partial charge is 0.00141 e. The molecule has 0 unspecified atom stereocenters. The summed E-state index contributed by atoms with van der Waals surface area (Å²) in [4.78, 5) is 0. The molecule has 0 atom stereocenters. The summed E-state index contributed by atoms with van der Waals surface area (Å²) in [5.74, 6) is 0. The van der Waals surface area contributed by atoms with Gasteiger partial charge in [0.2, 0.25) is 0 Å². The van der Waals surface area contributed by atoms with Crippen LogP contribution in [0.2, 0.25) is 0 Å². The molecule has 0 aromatic heterocycles. The van der Waals surface area contributed by atoms with Gasteiger partial charge in [-0.3, -0.25) is 0 Å². The fraction of sp³-hybridized carbons (Fsp3) is 0. The zero-order valence-corrected chi connectivity index (χ0v) is 30.6. The summed E-state index contributed by atoms with van der Waals surface area (Å²) in [5.41, 5.74) is 12.7. The molecule has 11 aromatic carbocycles. The Hall–Kier alpha value is -7.28. The minimum absolute atomic E-state index is 1.22. The van der Waals surface area contributed by atoms with Gasteiger partial charge in [0.15, 0.2) is 0 Å². The maximum absolute atomic E-state index is 2.48. The van der Waals surface area contributed by atoms with E-state index in [2.05, 4.69) is 206 Å². The highest BCUT2D eigenvalue weighted by molar-refractivity contribution is 6.29. The van der Waals surface area contributed by atoms with Crippen LogP contribution in [0.15, 0.2) is 194 Å². The third kappa shape index (κ3) is 4.48. The molecule has 0 N–H and O–H groups in total. The Morgan fingerprint density at radius 3 is 1.45 bits per heavy atom. The average molecular weight is 707 g/mol. The highest BCUT2D eigenvalue weighted by Crippen LogP contribution is 2.50. The number of rotatable bonds is 4. The fourth-order valence-electron chi connectivity index (χ4n) is 9.84. The minimum Gasteiger partial charge on any atom is -0.0622 e. The van der Waals surface area contributed by atoms with Crippen LogP contribution in [0.1, 0.15) is 11.1 Å². The molecule has 0 heteroatoms. The molecule has 0 saturated heterocycles. The van der Waals surface area contributed by atoms with Crippen molar-refractivity contribution in [3.05, 3.63) is 205 Å². The molecule has 258 valence electrons. The largest absolute Gasteiger partial charge is 0.0622 e. The van der Waals surface area contributed by atoms with Gasteiger partial charge in [0, 0.05) is 0 Å². The van der Waals surface area contributed by atoms with Crippen molar-refractivity contribution in [3.63, 3.8) is 0 Å². The van der Waals surface area contributed by atoms with Crippen molar-refractivity contribution in [2.24, 2.45) is 0 Å². The quantitative estimate of drug-likeness (QED) is 0.126. The Morgan fingerprint density at radius 1 is 0.232 bits per heavy atom. The van der Waals surface area contributed by atoms with Gasteiger partial charge in [-0.1, -0.05) is 200 Å². The number of hydrogen-bond donors (Lipinski definition) is 0. The Balaban J connectivity index is 1.22. The first-order valence-corrected chi connectivity index (χ1v) is 19.5. The van der Waals surface area contributed by atoms with E-state index >= 15 is 0 Å². The summed E-state index contributed by atoms with van der Waals surface area (Å²) in [6, 6.07) is 72.2. The van der Waals surface area contributed by atoms with Crippen LogP contribution < -0.4 is 0 Å². The lowest BCUT2D eigenvalue weighted by atomic mass is 9.81. The Kier molecular flexibility index (Phi) is 6.73.